The first kappa shape index (κ1) is 13.1. The summed E-state index contributed by atoms with van der Waals surface area (Å²) in [5.41, 5.74) is 2.23. The van der Waals surface area contributed by atoms with Gasteiger partial charge in [0.15, 0.2) is 0 Å². The number of rotatable bonds is 4. The van der Waals surface area contributed by atoms with E-state index >= 15 is 0 Å². The van der Waals surface area contributed by atoms with Gasteiger partial charge in [0.05, 0.1) is 5.60 Å². The molecule has 0 aromatic heterocycles. The molecular weight excluding hydrogens is 226 g/mol. The standard InChI is InChI=1S/C15H21NO2/c1-12-9-14(6-5-13(12)10-17)16(2)11-15(18)7-3-4-8-15/h5-6,9-10,18H,3-4,7-8,11H2,1-2H3. The molecule has 3 heteroatoms. The van der Waals surface area contributed by atoms with Gasteiger partial charge in [-0.15, -0.1) is 0 Å². The molecule has 2 rings (SSSR count). The first-order chi connectivity index (χ1) is 8.54. The second-order valence-electron chi connectivity index (χ2n) is 5.45. The van der Waals surface area contributed by atoms with Crippen molar-refractivity contribution < 1.29 is 9.90 Å². The third-order valence-electron chi connectivity index (χ3n) is 3.89. The van der Waals surface area contributed by atoms with Gasteiger partial charge in [0.2, 0.25) is 0 Å². The zero-order chi connectivity index (χ0) is 13.2. The van der Waals surface area contributed by atoms with Gasteiger partial charge in [0, 0.05) is 24.8 Å². The number of hydrogen-bond acceptors (Lipinski definition) is 3. The van der Waals surface area contributed by atoms with E-state index < -0.39 is 5.60 Å². The molecule has 0 spiro atoms. The first-order valence-electron chi connectivity index (χ1n) is 6.53. The van der Waals surface area contributed by atoms with Crippen molar-refractivity contribution >= 4 is 12.0 Å². The lowest BCUT2D eigenvalue weighted by atomic mass is 10.0. The highest BCUT2D eigenvalue weighted by atomic mass is 16.3. The molecule has 1 aliphatic carbocycles. The largest absolute Gasteiger partial charge is 0.388 e. The number of hydrogen-bond donors (Lipinski definition) is 1. The lowest BCUT2D eigenvalue weighted by Gasteiger charge is -2.30. The lowest BCUT2D eigenvalue weighted by molar-refractivity contribution is 0.0559. The van der Waals surface area contributed by atoms with Crippen molar-refractivity contribution in [3.05, 3.63) is 29.3 Å². The second kappa shape index (κ2) is 5.11. The van der Waals surface area contributed by atoms with Crippen LogP contribution >= 0.6 is 0 Å². The highest BCUT2D eigenvalue weighted by Crippen LogP contribution is 2.31. The zero-order valence-corrected chi connectivity index (χ0v) is 11.1. The van der Waals surface area contributed by atoms with Crippen molar-refractivity contribution in [2.24, 2.45) is 0 Å². The van der Waals surface area contributed by atoms with E-state index in [9.17, 15) is 9.90 Å². The van der Waals surface area contributed by atoms with Gasteiger partial charge in [0.1, 0.15) is 6.29 Å². The van der Waals surface area contributed by atoms with Crippen molar-refractivity contribution in [1.29, 1.82) is 0 Å². The van der Waals surface area contributed by atoms with Crippen LogP contribution < -0.4 is 4.90 Å². The van der Waals surface area contributed by atoms with Crippen molar-refractivity contribution in [1.82, 2.24) is 0 Å². The van der Waals surface area contributed by atoms with E-state index in [4.69, 9.17) is 0 Å². The van der Waals surface area contributed by atoms with Crippen LogP contribution in [0.3, 0.4) is 0 Å². The summed E-state index contributed by atoms with van der Waals surface area (Å²) in [6.45, 7) is 2.60. The molecule has 0 heterocycles. The smallest absolute Gasteiger partial charge is 0.150 e. The van der Waals surface area contributed by atoms with Crippen LogP contribution in [0, 0.1) is 6.92 Å². The van der Waals surface area contributed by atoms with E-state index in [1.165, 1.54) is 0 Å². The zero-order valence-electron chi connectivity index (χ0n) is 11.1. The predicted molar refractivity (Wildman–Crippen MR) is 73.3 cm³/mol. The fraction of sp³-hybridized carbons (Fsp3) is 0.533. The average molecular weight is 247 g/mol. The van der Waals surface area contributed by atoms with Crippen molar-refractivity contribution in [3.8, 4) is 0 Å². The molecule has 3 nitrogen and oxygen atoms in total. The van der Waals surface area contributed by atoms with E-state index in [1.807, 2.05) is 32.2 Å². The first-order valence-corrected chi connectivity index (χ1v) is 6.53. The number of carbonyl (C=O) groups is 1. The molecule has 0 unspecified atom stereocenters. The van der Waals surface area contributed by atoms with Crippen molar-refractivity contribution in [3.63, 3.8) is 0 Å². The molecule has 1 N–H and O–H groups in total. The fourth-order valence-corrected chi connectivity index (χ4v) is 2.75. The van der Waals surface area contributed by atoms with Crippen LogP contribution in [0.4, 0.5) is 5.69 Å². The number of likely N-dealkylation sites (N-methyl/N-ethyl adjacent to an activating group) is 1. The molecular formula is C15H21NO2. The monoisotopic (exact) mass is 247 g/mol. The molecule has 0 bridgehead atoms. The van der Waals surface area contributed by atoms with E-state index in [0.717, 1.165) is 48.8 Å². The molecule has 0 amide bonds. The van der Waals surface area contributed by atoms with E-state index in [2.05, 4.69) is 4.90 Å². The maximum absolute atomic E-state index is 10.8. The van der Waals surface area contributed by atoms with Gasteiger partial charge in [-0.05, 0) is 43.5 Å². The summed E-state index contributed by atoms with van der Waals surface area (Å²) in [5.74, 6) is 0. The summed E-state index contributed by atoms with van der Waals surface area (Å²) in [7, 11) is 1.99. The van der Waals surface area contributed by atoms with Gasteiger partial charge in [-0.2, -0.15) is 0 Å². The molecule has 98 valence electrons. The van der Waals surface area contributed by atoms with Crippen LogP contribution in [0.2, 0.25) is 0 Å². The van der Waals surface area contributed by atoms with Crippen LogP contribution in [0.15, 0.2) is 18.2 Å². The molecule has 1 aromatic rings. The third kappa shape index (κ3) is 2.72. The molecule has 1 fully saturated rings. The van der Waals surface area contributed by atoms with Gasteiger partial charge < -0.3 is 10.0 Å². The lowest BCUT2D eigenvalue weighted by Crippen LogP contribution is -2.39. The van der Waals surface area contributed by atoms with E-state index in [-0.39, 0.29) is 0 Å². The Morgan fingerprint density at radius 1 is 1.39 bits per heavy atom. The van der Waals surface area contributed by atoms with Crippen molar-refractivity contribution in [2.75, 3.05) is 18.5 Å². The van der Waals surface area contributed by atoms with Crippen LogP contribution in [-0.4, -0.2) is 30.6 Å². The van der Waals surface area contributed by atoms with Crippen LogP contribution in [0.5, 0.6) is 0 Å². The highest BCUT2D eigenvalue weighted by Gasteiger charge is 2.32. The maximum Gasteiger partial charge on any atom is 0.150 e. The Labute approximate surface area is 108 Å². The quantitative estimate of drug-likeness (QED) is 0.831. The summed E-state index contributed by atoms with van der Waals surface area (Å²) in [5, 5.41) is 10.4. The fourth-order valence-electron chi connectivity index (χ4n) is 2.75. The maximum atomic E-state index is 10.8. The molecule has 1 aromatic carbocycles. The number of benzene rings is 1. The Morgan fingerprint density at radius 2 is 2.06 bits per heavy atom. The van der Waals surface area contributed by atoms with Crippen LogP contribution in [0.1, 0.15) is 41.6 Å². The molecule has 1 aliphatic rings. The topological polar surface area (TPSA) is 40.5 Å². The number of nitrogens with zero attached hydrogens (tertiary/aromatic N) is 1. The van der Waals surface area contributed by atoms with E-state index in [0.29, 0.717) is 6.54 Å². The number of carbonyl (C=O) groups excluding carboxylic acids is 1. The second-order valence-corrected chi connectivity index (χ2v) is 5.45. The molecule has 0 atom stereocenters. The molecule has 0 saturated heterocycles. The summed E-state index contributed by atoms with van der Waals surface area (Å²) in [6.07, 6.45) is 4.90. The summed E-state index contributed by atoms with van der Waals surface area (Å²) < 4.78 is 0. The van der Waals surface area contributed by atoms with Gasteiger partial charge >= 0.3 is 0 Å². The van der Waals surface area contributed by atoms with Gasteiger partial charge in [-0.1, -0.05) is 12.8 Å². The van der Waals surface area contributed by atoms with Crippen LogP contribution in [0.25, 0.3) is 0 Å². The minimum Gasteiger partial charge on any atom is -0.388 e. The predicted octanol–water partition coefficient (Wildman–Crippen LogP) is 2.55. The molecule has 0 radical (unpaired) electrons. The normalized spacial score (nSPS) is 17.7. The van der Waals surface area contributed by atoms with Gasteiger partial charge in [-0.3, -0.25) is 4.79 Å². The molecule has 18 heavy (non-hydrogen) atoms. The Morgan fingerprint density at radius 3 is 2.61 bits per heavy atom. The van der Waals surface area contributed by atoms with E-state index in [1.54, 1.807) is 0 Å². The SMILES string of the molecule is Cc1cc(N(C)CC2(O)CCCC2)ccc1C=O. The Bertz CT molecular complexity index is 436. The number of anilines is 1. The number of aryl methyl sites for hydroxylation is 1. The molecule has 1 saturated carbocycles. The third-order valence-corrected chi connectivity index (χ3v) is 3.89. The van der Waals surface area contributed by atoms with Crippen LogP contribution in [-0.2, 0) is 0 Å². The van der Waals surface area contributed by atoms with Crippen molar-refractivity contribution in [2.45, 2.75) is 38.2 Å². The minimum absolute atomic E-state index is 0.536. The Kier molecular flexibility index (Phi) is 3.71. The number of aldehydes is 1. The van der Waals surface area contributed by atoms with Gasteiger partial charge in [0.25, 0.3) is 0 Å². The highest BCUT2D eigenvalue weighted by molar-refractivity contribution is 5.78. The number of aliphatic hydroxyl groups is 1. The van der Waals surface area contributed by atoms with Gasteiger partial charge in [-0.25, -0.2) is 0 Å². The average Bonchev–Trinajstić information content (AvgIpc) is 2.75. The Hall–Kier alpha value is -1.35. The summed E-state index contributed by atoms with van der Waals surface area (Å²) in [6, 6.07) is 5.78. The summed E-state index contributed by atoms with van der Waals surface area (Å²) in [4.78, 5) is 12.9. The summed E-state index contributed by atoms with van der Waals surface area (Å²) >= 11 is 0. The Balaban J connectivity index is 2.11. The molecule has 0 aliphatic heterocycles. The minimum atomic E-state index is -0.536.